The van der Waals surface area contributed by atoms with Gasteiger partial charge in [-0.25, -0.2) is 0 Å². The minimum absolute atomic E-state index is 0.0887. The van der Waals surface area contributed by atoms with Crippen molar-refractivity contribution in [3.8, 4) is 0 Å². The lowest BCUT2D eigenvalue weighted by atomic mass is 10.1. The molecule has 1 aliphatic heterocycles. The second kappa shape index (κ2) is 5.16. The highest BCUT2D eigenvalue weighted by atomic mass is 32.1. The van der Waals surface area contributed by atoms with Crippen LogP contribution >= 0.6 is 12.2 Å². The first-order valence-electron chi connectivity index (χ1n) is 6.19. The third-order valence-electron chi connectivity index (χ3n) is 3.29. The number of hydrogen-bond donors (Lipinski definition) is 2. The molecule has 0 aromatic carbocycles. The van der Waals surface area contributed by atoms with Gasteiger partial charge >= 0.3 is 0 Å². The first kappa shape index (κ1) is 14.4. The predicted octanol–water partition coefficient (Wildman–Crippen LogP) is 0.184. The quantitative estimate of drug-likeness (QED) is 0.597. The molecule has 1 fully saturated rings. The van der Waals surface area contributed by atoms with Crippen LogP contribution in [0, 0.1) is 13.8 Å². The zero-order valence-electron chi connectivity index (χ0n) is 11.6. The number of imide groups is 1. The molecule has 0 radical (unpaired) electrons. The second-order valence-electron chi connectivity index (χ2n) is 4.82. The van der Waals surface area contributed by atoms with Crippen LogP contribution in [0.5, 0.6) is 0 Å². The maximum Gasteiger partial charge on any atom is 0.249 e. The molecule has 1 aromatic rings. The number of nitrogens with two attached hydrogens (primary N) is 1. The van der Waals surface area contributed by atoms with Gasteiger partial charge in [0.1, 0.15) is 11.0 Å². The fraction of sp³-hybridized carbons (Fsp3) is 0.385. The van der Waals surface area contributed by atoms with Gasteiger partial charge in [-0.1, -0.05) is 12.2 Å². The van der Waals surface area contributed by atoms with Crippen molar-refractivity contribution in [2.24, 2.45) is 5.73 Å². The highest BCUT2D eigenvalue weighted by Gasteiger charge is 2.32. The molecule has 2 amide bonds. The second-order valence-corrected chi connectivity index (χ2v) is 5.26. The highest BCUT2D eigenvalue weighted by molar-refractivity contribution is 7.80. The number of aromatic nitrogens is 1. The molecule has 2 heterocycles. The molecule has 20 heavy (non-hydrogen) atoms. The fourth-order valence-corrected chi connectivity index (χ4v) is 2.60. The summed E-state index contributed by atoms with van der Waals surface area (Å²) in [7, 11) is 0. The number of pyridine rings is 1. The van der Waals surface area contributed by atoms with Gasteiger partial charge in [0, 0.05) is 11.4 Å². The molecule has 7 heteroatoms. The minimum Gasteiger partial charge on any atom is -0.389 e. The molecular weight excluding hydrogens is 276 g/mol. The summed E-state index contributed by atoms with van der Waals surface area (Å²) in [6.45, 7) is 5.47. The van der Waals surface area contributed by atoms with Crippen molar-refractivity contribution in [3.63, 3.8) is 0 Å². The maximum atomic E-state index is 11.8. The van der Waals surface area contributed by atoms with Gasteiger partial charge in [0.25, 0.3) is 0 Å². The Labute approximate surface area is 122 Å². The number of aryl methyl sites for hydroxylation is 2. The molecule has 1 aromatic heterocycles. The van der Waals surface area contributed by atoms with E-state index < -0.39 is 6.04 Å². The summed E-state index contributed by atoms with van der Waals surface area (Å²) in [4.78, 5) is 29.6. The zero-order valence-corrected chi connectivity index (χ0v) is 12.4. The van der Waals surface area contributed by atoms with Crippen LogP contribution < -0.4 is 16.0 Å². The summed E-state index contributed by atoms with van der Waals surface area (Å²) in [5.74, 6) is -0.670. The average Bonchev–Trinajstić information content (AvgIpc) is 2.32. The van der Waals surface area contributed by atoms with Gasteiger partial charge in [0.05, 0.1) is 17.8 Å². The molecule has 0 saturated carbocycles. The lowest BCUT2D eigenvalue weighted by Crippen LogP contribution is -2.57. The molecule has 1 aliphatic rings. The third-order valence-corrected chi connectivity index (χ3v) is 3.49. The van der Waals surface area contributed by atoms with Crippen molar-refractivity contribution >= 4 is 34.7 Å². The molecule has 0 aliphatic carbocycles. The molecule has 106 valence electrons. The average molecular weight is 292 g/mol. The topological polar surface area (TPSA) is 88.3 Å². The summed E-state index contributed by atoms with van der Waals surface area (Å²) < 4.78 is 0. The van der Waals surface area contributed by atoms with Crippen molar-refractivity contribution in [1.29, 1.82) is 0 Å². The normalized spacial score (nSPS) is 18.9. The maximum absolute atomic E-state index is 11.8. The van der Waals surface area contributed by atoms with Gasteiger partial charge in [0.15, 0.2) is 0 Å². The van der Waals surface area contributed by atoms with Crippen molar-refractivity contribution in [1.82, 2.24) is 10.3 Å². The summed E-state index contributed by atoms with van der Waals surface area (Å²) in [5.41, 5.74) is 8.53. The van der Waals surface area contributed by atoms with E-state index in [9.17, 15) is 9.59 Å². The van der Waals surface area contributed by atoms with E-state index in [1.54, 1.807) is 17.9 Å². The Bertz CT molecular complexity index is 615. The number of nitrogens with zero attached hydrogens (tertiary/aromatic N) is 2. The van der Waals surface area contributed by atoms with Crippen molar-refractivity contribution < 1.29 is 9.59 Å². The van der Waals surface area contributed by atoms with Crippen molar-refractivity contribution in [2.75, 3.05) is 11.4 Å². The third kappa shape index (κ3) is 2.49. The monoisotopic (exact) mass is 292 g/mol. The number of hydrogen-bond acceptors (Lipinski definition) is 5. The number of rotatable bonds is 2. The van der Waals surface area contributed by atoms with E-state index in [1.807, 2.05) is 13.8 Å². The molecule has 3 N–H and O–H groups in total. The van der Waals surface area contributed by atoms with E-state index in [1.165, 1.54) is 0 Å². The molecule has 1 atom stereocenters. The van der Waals surface area contributed by atoms with Crippen LogP contribution in [0.4, 0.5) is 5.69 Å². The van der Waals surface area contributed by atoms with Crippen LogP contribution in [-0.4, -0.2) is 34.4 Å². The standard InChI is InChI=1S/C13H16N4O2S/c1-6-4-9(11(12(14)20)7(2)15-6)17-5-10(18)16-13(19)8(17)3/h4,8H,5H2,1-3H3,(H2,14,20)(H,16,18,19). The van der Waals surface area contributed by atoms with Gasteiger partial charge in [-0.05, 0) is 26.8 Å². The molecule has 1 unspecified atom stereocenters. The number of amides is 2. The van der Waals surface area contributed by atoms with E-state index in [0.717, 1.165) is 5.69 Å². The smallest absolute Gasteiger partial charge is 0.249 e. The first-order chi connectivity index (χ1) is 9.31. The number of anilines is 1. The SMILES string of the molecule is Cc1cc(N2CC(=O)NC(=O)C2C)c(C(N)=S)c(C)n1. The van der Waals surface area contributed by atoms with Crippen LogP contribution in [0.15, 0.2) is 6.07 Å². The van der Waals surface area contributed by atoms with Gasteiger partial charge in [-0.15, -0.1) is 0 Å². The summed E-state index contributed by atoms with van der Waals surface area (Å²) >= 11 is 5.07. The van der Waals surface area contributed by atoms with Crippen molar-refractivity contribution in [2.45, 2.75) is 26.8 Å². The van der Waals surface area contributed by atoms with Crippen molar-refractivity contribution in [3.05, 3.63) is 23.0 Å². The summed E-state index contributed by atoms with van der Waals surface area (Å²) in [5, 5.41) is 2.31. The molecule has 1 saturated heterocycles. The highest BCUT2D eigenvalue weighted by Crippen LogP contribution is 2.26. The van der Waals surface area contributed by atoms with Gasteiger partial charge < -0.3 is 10.6 Å². The van der Waals surface area contributed by atoms with Crippen LogP contribution in [0.3, 0.4) is 0 Å². The Morgan fingerprint density at radius 2 is 2.15 bits per heavy atom. The molecule has 6 nitrogen and oxygen atoms in total. The molecule has 2 rings (SSSR count). The summed E-state index contributed by atoms with van der Waals surface area (Å²) in [6.07, 6.45) is 0. The minimum atomic E-state index is -0.470. The summed E-state index contributed by atoms with van der Waals surface area (Å²) in [6, 6.07) is 1.33. The van der Waals surface area contributed by atoms with E-state index >= 15 is 0 Å². The molecular formula is C13H16N4O2S. The van der Waals surface area contributed by atoms with Crippen LogP contribution in [0.2, 0.25) is 0 Å². The van der Waals surface area contributed by atoms with E-state index in [0.29, 0.717) is 16.9 Å². The number of carbonyl (C=O) groups excluding carboxylic acids is 2. The molecule has 0 bridgehead atoms. The van der Waals surface area contributed by atoms with Gasteiger partial charge in [-0.3, -0.25) is 19.9 Å². The number of carbonyl (C=O) groups is 2. The van der Waals surface area contributed by atoms with Gasteiger partial charge in [0.2, 0.25) is 11.8 Å². The van der Waals surface area contributed by atoms with Crippen LogP contribution in [0.25, 0.3) is 0 Å². The Hall–Kier alpha value is -2.02. The molecule has 0 spiro atoms. The number of nitrogens with one attached hydrogen (secondary N) is 1. The largest absolute Gasteiger partial charge is 0.389 e. The van der Waals surface area contributed by atoms with E-state index in [4.69, 9.17) is 18.0 Å². The Morgan fingerprint density at radius 1 is 1.50 bits per heavy atom. The first-order valence-corrected chi connectivity index (χ1v) is 6.60. The predicted molar refractivity (Wildman–Crippen MR) is 79.6 cm³/mol. The van der Waals surface area contributed by atoms with Crippen LogP contribution in [-0.2, 0) is 9.59 Å². The number of piperazine rings is 1. The Balaban J connectivity index is 2.58. The van der Waals surface area contributed by atoms with Crippen LogP contribution in [0.1, 0.15) is 23.9 Å². The lowest BCUT2D eigenvalue weighted by molar-refractivity contribution is -0.132. The van der Waals surface area contributed by atoms with Gasteiger partial charge in [-0.2, -0.15) is 0 Å². The van der Waals surface area contributed by atoms with E-state index in [-0.39, 0.29) is 23.3 Å². The zero-order chi connectivity index (χ0) is 15.0. The van der Waals surface area contributed by atoms with E-state index in [2.05, 4.69) is 10.3 Å². The lowest BCUT2D eigenvalue weighted by Gasteiger charge is -2.35. The Kier molecular flexibility index (Phi) is 3.71. The Morgan fingerprint density at radius 3 is 2.75 bits per heavy atom. The fourth-order valence-electron chi connectivity index (χ4n) is 2.35. The number of thiocarbonyl (C=S) groups is 1.